The summed E-state index contributed by atoms with van der Waals surface area (Å²) in [6.07, 6.45) is -3.27. The van der Waals surface area contributed by atoms with E-state index in [0.29, 0.717) is 17.9 Å². The van der Waals surface area contributed by atoms with Gasteiger partial charge in [-0.3, -0.25) is 10.1 Å². The Bertz CT molecular complexity index is 819. The Kier molecular flexibility index (Phi) is 7.37. The van der Waals surface area contributed by atoms with Gasteiger partial charge in [0, 0.05) is 10.6 Å². The van der Waals surface area contributed by atoms with E-state index < -0.39 is 28.9 Å². The topological polar surface area (TPSA) is 41.1 Å². The van der Waals surface area contributed by atoms with Crippen molar-refractivity contribution in [2.24, 2.45) is 0 Å². The highest BCUT2D eigenvalue weighted by atomic mass is 35.5. The van der Waals surface area contributed by atoms with Crippen LogP contribution in [0.4, 0.5) is 18.9 Å². The molecule has 0 unspecified atom stereocenters. The molecular weight excluding hydrogens is 412 g/mol. The molecule has 0 saturated heterocycles. The minimum atomic E-state index is -4.62. The van der Waals surface area contributed by atoms with E-state index >= 15 is 0 Å². The van der Waals surface area contributed by atoms with E-state index in [9.17, 15) is 18.0 Å². The molecule has 0 bridgehead atoms. The van der Waals surface area contributed by atoms with Gasteiger partial charge in [-0.2, -0.15) is 13.2 Å². The van der Waals surface area contributed by atoms with Crippen LogP contribution < -0.4 is 10.6 Å². The maximum absolute atomic E-state index is 13.2. The molecule has 0 aromatic heterocycles. The zero-order chi connectivity index (χ0) is 20.9. The highest BCUT2D eigenvalue weighted by Gasteiger charge is 2.35. The van der Waals surface area contributed by atoms with Crippen molar-refractivity contribution in [1.29, 1.82) is 0 Å². The number of para-hydroxylation sites is 1. The highest BCUT2D eigenvalue weighted by Crippen LogP contribution is 2.38. The Morgan fingerprint density at radius 1 is 1.00 bits per heavy atom. The fraction of sp³-hybridized carbons (Fsp3) is 0.350. The van der Waals surface area contributed by atoms with Crippen LogP contribution in [0.5, 0.6) is 0 Å². The number of benzene rings is 2. The van der Waals surface area contributed by atoms with Gasteiger partial charge in [0.1, 0.15) is 0 Å². The van der Waals surface area contributed by atoms with E-state index in [1.807, 2.05) is 26.0 Å². The smallest absolute Gasteiger partial charge is 0.323 e. The number of rotatable bonds is 7. The molecule has 28 heavy (non-hydrogen) atoms. The Morgan fingerprint density at radius 3 is 2.14 bits per heavy atom. The van der Waals surface area contributed by atoms with Crippen LogP contribution in [-0.4, -0.2) is 12.5 Å². The summed E-state index contributed by atoms with van der Waals surface area (Å²) in [5.74, 6) is -0.612. The summed E-state index contributed by atoms with van der Waals surface area (Å²) < 4.78 is 39.5. The first-order valence-electron chi connectivity index (χ1n) is 8.79. The summed E-state index contributed by atoms with van der Waals surface area (Å²) in [5, 5.41) is 5.91. The molecule has 2 aromatic carbocycles. The van der Waals surface area contributed by atoms with Crippen molar-refractivity contribution < 1.29 is 18.0 Å². The molecule has 2 N–H and O–H groups in total. The number of carbonyl (C=O) groups excluding carboxylic acids is 1. The zero-order valence-corrected chi connectivity index (χ0v) is 17.0. The second-order valence-corrected chi connectivity index (χ2v) is 7.20. The standard InChI is InChI=1S/C20H21Cl2F3N2O/c1-3-19(4-2,13-8-10-14(21)11-9-13)26-12-17(28)27-18-15(20(23,24)25)6-5-7-16(18)22/h5-11,26H,3-4,12H2,1-2H3,(H,27,28). The lowest BCUT2D eigenvalue weighted by Gasteiger charge is -2.33. The SMILES string of the molecule is CCC(CC)(NCC(=O)Nc1c(Cl)cccc1C(F)(F)F)c1ccc(Cl)cc1. The maximum Gasteiger partial charge on any atom is 0.418 e. The summed E-state index contributed by atoms with van der Waals surface area (Å²) in [4.78, 5) is 12.4. The fourth-order valence-electron chi connectivity index (χ4n) is 3.10. The molecule has 2 rings (SSSR count). The summed E-state index contributed by atoms with van der Waals surface area (Å²) in [7, 11) is 0. The van der Waals surface area contributed by atoms with Crippen molar-refractivity contribution in [3.05, 3.63) is 63.6 Å². The van der Waals surface area contributed by atoms with Gasteiger partial charge in [0.25, 0.3) is 0 Å². The van der Waals surface area contributed by atoms with Gasteiger partial charge in [-0.05, 0) is 42.7 Å². The van der Waals surface area contributed by atoms with Crippen LogP contribution in [0.25, 0.3) is 0 Å². The van der Waals surface area contributed by atoms with Crippen LogP contribution in [0.2, 0.25) is 10.0 Å². The van der Waals surface area contributed by atoms with Gasteiger partial charge < -0.3 is 5.32 Å². The number of halogens is 5. The molecule has 0 radical (unpaired) electrons. The molecule has 0 spiro atoms. The Labute approximate surface area is 172 Å². The molecule has 2 aromatic rings. The van der Waals surface area contributed by atoms with Crippen molar-refractivity contribution in [3.63, 3.8) is 0 Å². The van der Waals surface area contributed by atoms with E-state index in [-0.39, 0.29) is 11.6 Å². The number of amides is 1. The molecule has 0 aliphatic rings. The molecule has 0 saturated carbocycles. The van der Waals surface area contributed by atoms with Gasteiger partial charge in [-0.1, -0.05) is 55.2 Å². The van der Waals surface area contributed by atoms with Crippen molar-refractivity contribution in [2.75, 3.05) is 11.9 Å². The first kappa shape index (κ1) is 22.5. The summed E-state index contributed by atoms with van der Waals surface area (Å²) in [5.41, 5.74) is -0.977. The van der Waals surface area contributed by atoms with Crippen LogP contribution in [0, 0.1) is 0 Å². The Balaban J connectivity index is 2.18. The third-order valence-electron chi connectivity index (χ3n) is 4.77. The molecule has 3 nitrogen and oxygen atoms in total. The van der Waals surface area contributed by atoms with E-state index in [0.717, 1.165) is 11.6 Å². The number of anilines is 1. The molecule has 0 atom stereocenters. The van der Waals surface area contributed by atoms with E-state index in [1.165, 1.54) is 12.1 Å². The lowest BCUT2D eigenvalue weighted by Crippen LogP contribution is -2.45. The summed E-state index contributed by atoms with van der Waals surface area (Å²) in [6, 6.07) is 10.6. The summed E-state index contributed by atoms with van der Waals surface area (Å²) >= 11 is 11.8. The monoisotopic (exact) mass is 432 g/mol. The number of hydrogen-bond donors (Lipinski definition) is 2. The number of alkyl halides is 3. The number of nitrogens with one attached hydrogen (secondary N) is 2. The van der Waals surface area contributed by atoms with Crippen LogP contribution in [0.1, 0.15) is 37.8 Å². The van der Waals surface area contributed by atoms with Gasteiger partial charge in [-0.15, -0.1) is 0 Å². The quantitative estimate of drug-likeness (QED) is 0.542. The lowest BCUT2D eigenvalue weighted by atomic mass is 9.84. The minimum Gasteiger partial charge on any atom is -0.323 e. The van der Waals surface area contributed by atoms with Crippen LogP contribution in [0.3, 0.4) is 0 Å². The Morgan fingerprint density at radius 2 is 1.61 bits per heavy atom. The molecular formula is C20H21Cl2F3N2O. The zero-order valence-electron chi connectivity index (χ0n) is 15.5. The van der Waals surface area contributed by atoms with Crippen LogP contribution >= 0.6 is 23.2 Å². The van der Waals surface area contributed by atoms with E-state index in [2.05, 4.69) is 10.6 Å². The van der Waals surface area contributed by atoms with Crippen LogP contribution in [-0.2, 0) is 16.5 Å². The second-order valence-electron chi connectivity index (χ2n) is 6.36. The minimum absolute atomic E-state index is 0.168. The van der Waals surface area contributed by atoms with Gasteiger partial charge in [0.15, 0.2) is 0 Å². The average molecular weight is 433 g/mol. The third-order valence-corrected chi connectivity index (χ3v) is 5.34. The highest BCUT2D eigenvalue weighted by molar-refractivity contribution is 6.34. The largest absolute Gasteiger partial charge is 0.418 e. The van der Waals surface area contributed by atoms with Gasteiger partial charge in [-0.25, -0.2) is 0 Å². The normalized spacial score (nSPS) is 12.1. The Hall–Kier alpha value is -1.76. The van der Waals surface area contributed by atoms with Crippen molar-refractivity contribution in [3.8, 4) is 0 Å². The molecule has 0 aliphatic carbocycles. The lowest BCUT2D eigenvalue weighted by molar-refractivity contribution is -0.137. The van der Waals surface area contributed by atoms with E-state index in [1.54, 1.807) is 12.1 Å². The first-order chi connectivity index (χ1) is 13.1. The third kappa shape index (κ3) is 5.19. The first-order valence-corrected chi connectivity index (χ1v) is 9.55. The second kappa shape index (κ2) is 9.16. The van der Waals surface area contributed by atoms with Crippen LogP contribution in [0.15, 0.2) is 42.5 Å². The molecule has 0 aliphatic heterocycles. The molecule has 0 heterocycles. The molecule has 8 heteroatoms. The van der Waals surface area contributed by atoms with Crippen molar-refractivity contribution in [1.82, 2.24) is 5.32 Å². The van der Waals surface area contributed by atoms with E-state index in [4.69, 9.17) is 23.2 Å². The number of hydrogen-bond acceptors (Lipinski definition) is 2. The summed E-state index contributed by atoms with van der Waals surface area (Å²) in [6.45, 7) is 3.77. The maximum atomic E-state index is 13.2. The number of carbonyl (C=O) groups is 1. The molecule has 1 amide bonds. The molecule has 152 valence electrons. The van der Waals surface area contributed by atoms with Crippen molar-refractivity contribution >= 4 is 34.8 Å². The van der Waals surface area contributed by atoms with Crippen molar-refractivity contribution in [2.45, 2.75) is 38.4 Å². The van der Waals surface area contributed by atoms with Gasteiger partial charge in [0.05, 0.1) is 22.8 Å². The molecule has 0 fully saturated rings. The fourth-order valence-corrected chi connectivity index (χ4v) is 3.45. The predicted octanol–water partition coefficient (Wildman–Crippen LogP) is 6.26. The predicted molar refractivity (Wildman–Crippen MR) is 107 cm³/mol. The van der Waals surface area contributed by atoms with Gasteiger partial charge >= 0.3 is 6.18 Å². The van der Waals surface area contributed by atoms with Gasteiger partial charge in [0.2, 0.25) is 5.91 Å². The average Bonchev–Trinajstić information content (AvgIpc) is 2.65.